The Kier molecular flexibility index (Phi) is 4.25. The first-order valence-corrected chi connectivity index (χ1v) is 9.78. The van der Waals surface area contributed by atoms with Crippen LogP contribution in [0.25, 0.3) is 21.3 Å². The predicted molar refractivity (Wildman–Crippen MR) is 110 cm³/mol. The van der Waals surface area contributed by atoms with Gasteiger partial charge in [0.1, 0.15) is 19.5 Å². The summed E-state index contributed by atoms with van der Waals surface area (Å²) >= 11 is 1.33. The minimum absolute atomic E-state index is 0.326. The fraction of sp³-hybridized carbons (Fsp3) is 0.0952. The highest BCUT2D eigenvalue weighted by atomic mass is 32.1. The second-order valence-electron chi connectivity index (χ2n) is 6.40. The Balaban J connectivity index is 1.40. The third-order valence-corrected chi connectivity index (χ3v) is 5.68. The number of para-hydroxylation sites is 1. The van der Waals surface area contributed by atoms with Crippen molar-refractivity contribution in [3.8, 4) is 21.9 Å². The Bertz CT molecular complexity index is 1290. The number of nitrogens with zero attached hydrogens (tertiary/aromatic N) is 2. The molecule has 144 valence electrons. The summed E-state index contributed by atoms with van der Waals surface area (Å²) in [5.41, 5.74) is 3.79. The molecule has 1 amide bonds. The molecule has 5 rings (SSSR count). The Morgan fingerprint density at radius 1 is 1.03 bits per heavy atom. The van der Waals surface area contributed by atoms with E-state index in [0.29, 0.717) is 34.7 Å². The van der Waals surface area contributed by atoms with Crippen molar-refractivity contribution in [2.24, 2.45) is 0 Å². The van der Waals surface area contributed by atoms with Gasteiger partial charge in [-0.2, -0.15) is 0 Å². The molecule has 0 saturated heterocycles. The van der Waals surface area contributed by atoms with Crippen molar-refractivity contribution in [2.75, 3.05) is 18.6 Å². The van der Waals surface area contributed by atoms with Crippen molar-refractivity contribution in [1.29, 1.82) is 0 Å². The van der Waals surface area contributed by atoms with Gasteiger partial charge in [-0.1, -0.05) is 12.1 Å². The van der Waals surface area contributed by atoms with Crippen LogP contribution in [0.2, 0.25) is 0 Å². The van der Waals surface area contributed by atoms with E-state index in [1.54, 1.807) is 24.3 Å². The van der Waals surface area contributed by atoms with Crippen molar-refractivity contribution in [2.45, 2.75) is 0 Å². The van der Waals surface area contributed by atoms with Gasteiger partial charge in [0.2, 0.25) is 0 Å². The number of hydrogen-bond donors (Lipinski definition) is 1. The van der Waals surface area contributed by atoms with Gasteiger partial charge in [-0.05, 0) is 48.0 Å². The van der Waals surface area contributed by atoms with Gasteiger partial charge in [-0.3, -0.25) is 15.0 Å². The lowest BCUT2D eigenvalue weighted by Gasteiger charge is -2.18. The molecule has 29 heavy (non-hydrogen) atoms. The topological polar surface area (TPSA) is 82.5 Å². The Morgan fingerprint density at radius 3 is 2.76 bits per heavy atom. The summed E-state index contributed by atoms with van der Waals surface area (Å²) in [6, 6.07) is 16.3. The largest absolute Gasteiger partial charge is 0.486 e. The Morgan fingerprint density at radius 2 is 1.86 bits per heavy atom. The van der Waals surface area contributed by atoms with Gasteiger partial charge < -0.3 is 9.47 Å². The van der Waals surface area contributed by atoms with Gasteiger partial charge >= 0.3 is 0 Å². The number of nitrogens with one attached hydrogen (secondary N) is 1. The summed E-state index contributed by atoms with van der Waals surface area (Å²) in [7, 11) is 0. The molecule has 3 heterocycles. The molecule has 0 radical (unpaired) electrons. The number of rotatable bonds is 3. The number of ether oxygens (including phenoxy) is 2. The summed E-state index contributed by atoms with van der Waals surface area (Å²) in [6.45, 7) is 1.06. The molecule has 2 aromatic carbocycles. The van der Waals surface area contributed by atoms with Crippen molar-refractivity contribution in [1.82, 2.24) is 9.66 Å². The molecule has 2 aromatic heterocycles. The molecule has 1 aliphatic heterocycles. The van der Waals surface area contributed by atoms with Crippen LogP contribution >= 0.6 is 11.3 Å². The van der Waals surface area contributed by atoms with Crippen molar-refractivity contribution in [3.05, 3.63) is 76.2 Å². The molecule has 4 aromatic rings. The first kappa shape index (κ1) is 17.4. The molecule has 0 atom stereocenters. The maximum Gasteiger partial charge on any atom is 0.280 e. The molecule has 0 bridgehead atoms. The SMILES string of the molecule is O=C(Nn1cnc2ccccc2c1=O)c1ccc(-c2ccc3c(c2)OCCO3)s1. The molecule has 0 aliphatic carbocycles. The first-order valence-electron chi connectivity index (χ1n) is 8.97. The van der Waals surface area contributed by atoms with E-state index in [2.05, 4.69) is 10.4 Å². The van der Waals surface area contributed by atoms with Crippen LogP contribution in [0.15, 0.2) is 65.7 Å². The molecule has 0 spiro atoms. The number of aromatic nitrogens is 2. The lowest BCUT2D eigenvalue weighted by molar-refractivity contribution is 0.101. The predicted octanol–water partition coefficient (Wildman–Crippen LogP) is 3.28. The Labute approximate surface area is 169 Å². The average Bonchev–Trinajstić information content (AvgIpc) is 3.26. The third-order valence-electron chi connectivity index (χ3n) is 4.54. The van der Waals surface area contributed by atoms with Gasteiger partial charge in [0.15, 0.2) is 11.5 Å². The van der Waals surface area contributed by atoms with Gasteiger partial charge in [0.25, 0.3) is 11.5 Å². The number of fused-ring (bicyclic) bond motifs is 2. The highest BCUT2D eigenvalue weighted by molar-refractivity contribution is 7.17. The normalized spacial score (nSPS) is 12.7. The van der Waals surface area contributed by atoms with Crippen LogP contribution in [-0.2, 0) is 0 Å². The number of benzene rings is 2. The molecule has 0 fully saturated rings. The van der Waals surface area contributed by atoms with Crippen LogP contribution in [0.3, 0.4) is 0 Å². The van der Waals surface area contributed by atoms with Crippen LogP contribution in [0.4, 0.5) is 0 Å². The zero-order chi connectivity index (χ0) is 19.8. The monoisotopic (exact) mass is 405 g/mol. The number of hydrogen-bond acceptors (Lipinski definition) is 6. The fourth-order valence-corrected chi connectivity index (χ4v) is 4.02. The molecule has 0 unspecified atom stereocenters. The van der Waals surface area contributed by atoms with Crippen LogP contribution in [0, 0.1) is 0 Å². The van der Waals surface area contributed by atoms with E-state index in [-0.39, 0.29) is 11.5 Å². The molecular weight excluding hydrogens is 390 g/mol. The second kappa shape index (κ2) is 7.06. The highest BCUT2D eigenvalue weighted by Crippen LogP contribution is 2.36. The number of thiophene rings is 1. The summed E-state index contributed by atoms with van der Waals surface area (Å²) in [5.74, 6) is 1.04. The first-order chi connectivity index (χ1) is 14.2. The third kappa shape index (κ3) is 3.23. The minimum Gasteiger partial charge on any atom is -0.486 e. The lowest BCUT2D eigenvalue weighted by atomic mass is 10.1. The maximum atomic E-state index is 12.6. The number of amides is 1. The Hall–Kier alpha value is -3.65. The zero-order valence-electron chi connectivity index (χ0n) is 15.1. The highest BCUT2D eigenvalue weighted by Gasteiger charge is 2.16. The smallest absolute Gasteiger partial charge is 0.280 e. The van der Waals surface area contributed by atoms with E-state index in [4.69, 9.17) is 9.47 Å². The fourth-order valence-electron chi connectivity index (χ4n) is 3.13. The van der Waals surface area contributed by atoms with Gasteiger partial charge in [-0.25, -0.2) is 9.66 Å². The summed E-state index contributed by atoms with van der Waals surface area (Å²) in [5, 5.41) is 0.443. The van der Waals surface area contributed by atoms with E-state index in [1.807, 2.05) is 30.3 Å². The van der Waals surface area contributed by atoms with Crippen molar-refractivity contribution in [3.63, 3.8) is 0 Å². The van der Waals surface area contributed by atoms with Crippen molar-refractivity contribution >= 4 is 28.1 Å². The molecule has 8 heteroatoms. The van der Waals surface area contributed by atoms with E-state index in [1.165, 1.54) is 17.7 Å². The standard InChI is InChI=1S/C21H15N3O4S/c25-20(23-24-12-22-15-4-2-1-3-14(15)21(24)26)19-8-7-18(29-19)13-5-6-16-17(11-13)28-10-9-27-16/h1-8,11-12H,9-10H2,(H,23,25). The molecular formula is C21H15N3O4S. The van der Waals surface area contributed by atoms with E-state index >= 15 is 0 Å². The molecule has 0 saturated carbocycles. The van der Waals surface area contributed by atoms with Gasteiger partial charge in [0, 0.05) is 4.88 Å². The van der Waals surface area contributed by atoms with Gasteiger partial charge in [-0.15, -0.1) is 11.3 Å². The molecule has 1 aliphatic rings. The second-order valence-corrected chi connectivity index (χ2v) is 7.48. The van der Waals surface area contributed by atoms with Crippen LogP contribution in [0.1, 0.15) is 9.67 Å². The van der Waals surface area contributed by atoms with E-state index in [0.717, 1.165) is 20.9 Å². The van der Waals surface area contributed by atoms with E-state index < -0.39 is 0 Å². The summed E-state index contributed by atoms with van der Waals surface area (Å²) in [6.07, 6.45) is 1.32. The minimum atomic E-state index is -0.377. The molecule has 1 N–H and O–H groups in total. The summed E-state index contributed by atoms with van der Waals surface area (Å²) in [4.78, 5) is 30.8. The average molecular weight is 405 g/mol. The lowest BCUT2D eigenvalue weighted by Crippen LogP contribution is -2.32. The quantitative estimate of drug-likeness (QED) is 0.566. The van der Waals surface area contributed by atoms with E-state index in [9.17, 15) is 9.59 Å². The van der Waals surface area contributed by atoms with Crippen LogP contribution < -0.4 is 20.5 Å². The maximum absolute atomic E-state index is 12.6. The van der Waals surface area contributed by atoms with Gasteiger partial charge in [0.05, 0.1) is 15.8 Å². The van der Waals surface area contributed by atoms with Crippen molar-refractivity contribution < 1.29 is 14.3 Å². The zero-order valence-corrected chi connectivity index (χ0v) is 15.9. The number of carbonyl (C=O) groups excluding carboxylic acids is 1. The van der Waals surface area contributed by atoms with Crippen LogP contribution in [-0.4, -0.2) is 28.8 Å². The van der Waals surface area contributed by atoms with Crippen LogP contribution in [0.5, 0.6) is 11.5 Å². The molecule has 7 nitrogen and oxygen atoms in total. The summed E-state index contributed by atoms with van der Waals surface area (Å²) < 4.78 is 12.3. The number of carbonyl (C=O) groups is 1.